The monoisotopic (exact) mass is 666 g/mol. The van der Waals surface area contributed by atoms with Crippen molar-refractivity contribution in [1.82, 2.24) is 19.9 Å². The molecule has 0 N–H and O–H groups in total. The van der Waals surface area contributed by atoms with E-state index in [2.05, 4.69) is 105 Å². The van der Waals surface area contributed by atoms with Gasteiger partial charge >= 0.3 is 0 Å². The summed E-state index contributed by atoms with van der Waals surface area (Å²) in [6, 6.07) is 45.8. The van der Waals surface area contributed by atoms with Crippen LogP contribution in [0.2, 0.25) is 0 Å². The summed E-state index contributed by atoms with van der Waals surface area (Å²) in [4.78, 5) is 28.3. The lowest BCUT2D eigenvalue weighted by atomic mass is 9.94. The van der Waals surface area contributed by atoms with Gasteiger partial charge in [0.1, 0.15) is 0 Å². The molecule has 244 valence electrons. The Kier molecular flexibility index (Phi) is 8.08. The molecule has 6 heteroatoms. The van der Waals surface area contributed by atoms with E-state index in [1.54, 1.807) is 12.4 Å². The van der Waals surface area contributed by atoms with Crippen LogP contribution in [0.1, 0.15) is 22.3 Å². The van der Waals surface area contributed by atoms with Gasteiger partial charge in [0.15, 0.2) is 0 Å². The van der Waals surface area contributed by atoms with Gasteiger partial charge in [-0.25, -0.2) is 9.98 Å². The van der Waals surface area contributed by atoms with Crippen LogP contribution in [0.25, 0.3) is 44.5 Å². The Morgan fingerprint density at radius 2 is 0.635 bits per heavy atom. The van der Waals surface area contributed by atoms with Gasteiger partial charge in [0.25, 0.3) is 0 Å². The lowest BCUT2D eigenvalue weighted by Crippen LogP contribution is -2.10. The summed E-state index contributed by atoms with van der Waals surface area (Å²) in [5.41, 5.74) is 15.8. The number of hydrogen-bond donors (Lipinski definition) is 0. The molecule has 1 aliphatic heterocycles. The van der Waals surface area contributed by atoms with E-state index in [1.807, 2.05) is 85.7 Å². The number of aromatic nitrogens is 4. The number of nitrogens with zero attached hydrogens (tertiary/aromatic N) is 6. The normalized spacial score (nSPS) is 14.1. The number of pyridine rings is 4. The lowest BCUT2D eigenvalue weighted by molar-refractivity contribution is 1.30. The minimum Gasteiger partial charge on any atom is -0.264 e. The maximum atomic E-state index is 5.35. The van der Waals surface area contributed by atoms with Crippen molar-refractivity contribution < 1.29 is 0 Å². The second-order valence-corrected chi connectivity index (χ2v) is 12.5. The number of fused-ring (bicyclic) bond motifs is 2. The first-order valence-electron chi connectivity index (χ1n) is 17.1. The molecule has 0 radical (unpaired) electrons. The van der Waals surface area contributed by atoms with E-state index >= 15 is 0 Å². The average molecular weight is 667 g/mol. The van der Waals surface area contributed by atoms with Crippen molar-refractivity contribution in [3.63, 3.8) is 0 Å². The SMILES string of the molecule is c1cncc(-c2cncc(-c3ccc(/C4=N/c5ccccc5/C(c5ccc(-c6cncc(-c7cccnc7)c6)cc5)=N\c5ccccc54)cc3)c2)c1. The summed E-state index contributed by atoms with van der Waals surface area (Å²) in [7, 11) is 0. The van der Waals surface area contributed by atoms with E-state index in [0.717, 1.165) is 89.6 Å². The quantitative estimate of drug-likeness (QED) is 0.177. The molecular weight excluding hydrogens is 637 g/mol. The topological polar surface area (TPSA) is 76.3 Å². The number of para-hydroxylation sites is 2. The second-order valence-electron chi connectivity index (χ2n) is 12.5. The van der Waals surface area contributed by atoms with Crippen LogP contribution in [0, 0.1) is 0 Å². The van der Waals surface area contributed by atoms with Gasteiger partial charge in [-0.2, -0.15) is 0 Å². The summed E-state index contributed by atoms with van der Waals surface area (Å²) in [6.45, 7) is 0. The number of benzene rings is 4. The molecule has 0 saturated carbocycles. The van der Waals surface area contributed by atoms with Crippen molar-refractivity contribution in [1.29, 1.82) is 0 Å². The van der Waals surface area contributed by atoms with Crippen LogP contribution < -0.4 is 0 Å². The minimum atomic E-state index is 0.862. The Balaban J connectivity index is 1.07. The van der Waals surface area contributed by atoms with Crippen molar-refractivity contribution in [3.05, 3.63) is 205 Å². The van der Waals surface area contributed by atoms with Gasteiger partial charge in [-0.3, -0.25) is 19.9 Å². The average Bonchev–Trinajstić information content (AvgIpc) is 3.22. The third-order valence-corrected chi connectivity index (χ3v) is 9.23. The summed E-state index contributed by atoms with van der Waals surface area (Å²) >= 11 is 0. The molecule has 4 aromatic heterocycles. The van der Waals surface area contributed by atoms with Gasteiger partial charge in [-0.15, -0.1) is 0 Å². The molecule has 0 spiro atoms. The summed E-state index contributed by atoms with van der Waals surface area (Å²) in [6.07, 6.45) is 14.8. The number of aliphatic imine (C=N–C) groups is 2. The summed E-state index contributed by atoms with van der Waals surface area (Å²) in [5.74, 6) is 0. The molecule has 0 bridgehead atoms. The van der Waals surface area contributed by atoms with Crippen molar-refractivity contribution in [2.24, 2.45) is 9.98 Å². The van der Waals surface area contributed by atoms with Crippen molar-refractivity contribution in [3.8, 4) is 44.5 Å². The molecule has 1 aliphatic rings. The van der Waals surface area contributed by atoms with Gasteiger partial charge < -0.3 is 0 Å². The Morgan fingerprint density at radius 3 is 1.04 bits per heavy atom. The highest BCUT2D eigenvalue weighted by Gasteiger charge is 2.20. The molecule has 0 saturated heterocycles. The molecule has 0 atom stereocenters. The first-order chi connectivity index (χ1) is 25.8. The van der Waals surface area contributed by atoms with E-state index in [-0.39, 0.29) is 0 Å². The molecule has 0 unspecified atom stereocenters. The number of rotatable bonds is 6. The Bertz CT molecular complexity index is 2410. The highest BCUT2D eigenvalue weighted by atomic mass is 14.8. The highest BCUT2D eigenvalue weighted by molar-refractivity contribution is 6.22. The third-order valence-electron chi connectivity index (χ3n) is 9.23. The molecule has 0 fully saturated rings. The smallest absolute Gasteiger partial charge is 0.0803 e. The van der Waals surface area contributed by atoms with Gasteiger partial charge in [0, 0.05) is 105 Å². The fraction of sp³-hybridized carbons (Fsp3) is 0. The molecule has 0 aliphatic carbocycles. The van der Waals surface area contributed by atoms with E-state index < -0.39 is 0 Å². The van der Waals surface area contributed by atoms with Crippen molar-refractivity contribution >= 4 is 22.8 Å². The van der Waals surface area contributed by atoms with Crippen molar-refractivity contribution in [2.45, 2.75) is 0 Å². The summed E-state index contributed by atoms with van der Waals surface area (Å²) < 4.78 is 0. The van der Waals surface area contributed by atoms with Crippen LogP contribution in [0.15, 0.2) is 193 Å². The molecule has 5 heterocycles. The Labute approximate surface area is 301 Å². The number of hydrogen-bond acceptors (Lipinski definition) is 6. The first kappa shape index (κ1) is 30.8. The van der Waals surface area contributed by atoms with Gasteiger partial charge in [0.05, 0.1) is 22.8 Å². The van der Waals surface area contributed by atoms with Crippen LogP contribution in [0.4, 0.5) is 11.4 Å². The van der Waals surface area contributed by atoms with Gasteiger partial charge in [-0.1, -0.05) is 97.1 Å². The Hall–Kier alpha value is -7.18. The summed E-state index contributed by atoms with van der Waals surface area (Å²) in [5, 5.41) is 0. The molecular formula is C46H30N6. The third kappa shape index (κ3) is 6.10. The first-order valence-corrected chi connectivity index (χ1v) is 17.1. The Morgan fingerprint density at radius 1 is 0.269 bits per heavy atom. The van der Waals surface area contributed by atoms with E-state index in [4.69, 9.17) is 9.98 Å². The standard InChI is InChI=1S/C46H30N6/c1-3-11-43-41(9-1)45(33-17-13-31(14-18-33)37-23-39(29-49-27-37)35-7-5-21-47-25-35)52-44-12-4-2-10-42(44)46(51-43)34-19-15-32(16-20-34)38-24-40(30-50-28-38)36-8-6-22-48-26-36/h1-30H/b45-41?,46-42?,51-43?,51-46-,52-44?,52-45-. The zero-order valence-corrected chi connectivity index (χ0v) is 28.0. The minimum absolute atomic E-state index is 0.862. The maximum absolute atomic E-state index is 5.35. The molecule has 9 rings (SSSR count). The van der Waals surface area contributed by atoms with Gasteiger partial charge in [0.2, 0.25) is 0 Å². The molecule has 0 amide bonds. The fourth-order valence-corrected chi connectivity index (χ4v) is 6.56. The molecule has 52 heavy (non-hydrogen) atoms. The van der Waals surface area contributed by atoms with Crippen molar-refractivity contribution in [2.75, 3.05) is 0 Å². The fourth-order valence-electron chi connectivity index (χ4n) is 6.56. The van der Waals surface area contributed by atoms with Crippen LogP contribution in [0.3, 0.4) is 0 Å². The highest BCUT2D eigenvalue weighted by Crippen LogP contribution is 2.35. The van der Waals surface area contributed by atoms with E-state index in [9.17, 15) is 0 Å². The molecule has 8 aromatic rings. The predicted molar refractivity (Wildman–Crippen MR) is 209 cm³/mol. The molecule has 4 aromatic carbocycles. The van der Waals surface area contributed by atoms with Crippen LogP contribution in [-0.2, 0) is 0 Å². The zero-order chi connectivity index (χ0) is 34.7. The second kappa shape index (κ2) is 13.6. The van der Waals surface area contributed by atoms with E-state index in [0.29, 0.717) is 0 Å². The lowest BCUT2D eigenvalue weighted by Gasteiger charge is -2.18. The van der Waals surface area contributed by atoms with Crippen LogP contribution >= 0.6 is 0 Å². The zero-order valence-electron chi connectivity index (χ0n) is 28.0. The van der Waals surface area contributed by atoms with Gasteiger partial charge in [-0.05, 0) is 47.5 Å². The van der Waals surface area contributed by atoms with Crippen LogP contribution in [0.5, 0.6) is 0 Å². The predicted octanol–water partition coefficient (Wildman–Crippen LogP) is 10.6. The van der Waals surface area contributed by atoms with Crippen LogP contribution in [-0.4, -0.2) is 31.4 Å². The molecule has 6 nitrogen and oxygen atoms in total. The maximum Gasteiger partial charge on any atom is 0.0803 e. The van der Waals surface area contributed by atoms with E-state index in [1.165, 1.54) is 0 Å². The largest absolute Gasteiger partial charge is 0.264 e.